The first kappa shape index (κ1) is 30.1. The Labute approximate surface area is 257 Å². The van der Waals surface area contributed by atoms with Crippen molar-refractivity contribution in [3.05, 3.63) is 87.4 Å². The van der Waals surface area contributed by atoms with Crippen LogP contribution in [-0.2, 0) is 33.7 Å². The lowest BCUT2D eigenvalue weighted by atomic mass is 9.93. The van der Waals surface area contributed by atoms with E-state index in [1.54, 1.807) is 6.07 Å². The SMILES string of the molecule is COc1c(C(=O)O)cnn1-c1cccc(C2=CCCC(C)=C2OCc2ccc3c(c2C)CCN(C[C@H]2COCCO2)CC3)n1. The second kappa shape index (κ2) is 13.3. The smallest absolute Gasteiger partial charge is 0.342 e. The number of hydrogen-bond acceptors (Lipinski definition) is 8. The second-order valence-electron chi connectivity index (χ2n) is 11.6. The predicted octanol–water partition coefficient (Wildman–Crippen LogP) is 4.77. The molecule has 3 aromatic rings. The summed E-state index contributed by atoms with van der Waals surface area (Å²) in [5, 5.41) is 13.7. The van der Waals surface area contributed by atoms with Gasteiger partial charge in [-0.25, -0.2) is 9.78 Å². The van der Waals surface area contributed by atoms with Gasteiger partial charge in [-0.3, -0.25) is 0 Å². The molecule has 10 heteroatoms. The lowest BCUT2D eigenvalue weighted by Crippen LogP contribution is -2.41. The molecule has 10 nitrogen and oxygen atoms in total. The maximum Gasteiger partial charge on any atom is 0.342 e. The Morgan fingerprint density at radius 2 is 1.98 bits per heavy atom. The number of methoxy groups -OCH3 is 1. The number of benzene rings is 1. The number of fused-ring (bicyclic) bond motifs is 1. The molecule has 232 valence electrons. The van der Waals surface area contributed by atoms with Gasteiger partial charge in [-0.2, -0.15) is 9.78 Å². The van der Waals surface area contributed by atoms with Crippen molar-refractivity contribution in [3.8, 4) is 11.7 Å². The minimum absolute atomic E-state index is 0.0204. The van der Waals surface area contributed by atoms with E-state index in [4.69, 9.17) is 23.9 Å². The predicted molar refractivity (Wildman–Crippen MR) is 165 cm³/mol. The van der Waals surface area contributed by atoms with Gasteiger partial charge in [0.15, 0.2) is 5.82 Å². The fourth-order valence-electron chi connectivity index (χ4n) is 6.35. The number of carbonyl (C=O) groups is 1. The molecule has 1 N–H and O–H groups in total. The van der Waals surface area contributed by atoms with Gasteiger partial charge in [-0.1, -0.05) is 24.3 Å². The normalized spacial score (nSPS) is 19.2. The van der Waals surface area contributed by atoms with E-state index in [2.05, 4.69) is 42.1 Å². The van der Waals surface area contributed by atoms with Crippen LogP contribution in [0.1, 0.15) is 58.1 Å². The Balaban J connectivity index is 1.18. The maximum absolute atomic E-state index is 11.6. The lowest BCUT2D eigenvalue weighted by Gasteiger charge is -2.29. The van der Waals surface area contributed by atoms with E-state index in [1.165, 1.54) is 45.8 Å². The molecule has 0 bridgehead atoms. The van der Waals surface area contributed by atoms with E-state index in [9.17, 15) is 9.90 Å². The molecule has 1 saturated heterocycles. The fourth-order valence-corrected chi connectivity index (χ4v) is 6.35. The van der Waals surface area contributed by atoms with Crippen LogP contribution in [0.5, 0.6) is 5.88 Å². The molecule has 4 heterocycles. The van der Waals surface area contributed by atoms with E-state index in [1.807, 2.05) is 12.1 Å². The monoisotopic (exact) mass is 600 g/mol. The third-order valence-electron chi connectivity index (χ3n) is 8.78. The number of hydrogen-bond donors (Lipinski definition) is 1. The summed E-state index contributed by atoms with van der Waals surface area (Å²) in [6.07, 6.45) is 7.43. The van der Waals surface area contributed by atoms with Crippen LogP contribution >= 0.6 is 0 Å². The first-order chi connectivity index (χ1) is 21.4. The molecule has 2 aromatic heterocycles. The van der Waals surface area contributed by atoms with Crippen molar-refractivity contribution in [2.24, 2.45) is 0 Å². The highest BCUT2D eigenvalue weighted by Crippen LogP contribution is 2.34. The molecule has 44 heavy (non-hydrogen) atoms. The Hall–Kier alpha value is -3.99. The summed E-state index contributed by atoms with van der Waals surface area (Å²) in [5.74, 6) is 0.326. The molecular weight excluding hydrogens is 560 g/mol. The number of aromatic nitrogens is 3. The molecule has 1 atom stereocenters. The number of pyridine rings is 1. The lowest BCUT2D eigenvalue weighted by molar-refractivity contribution is -0.0972. The second-order valence-corrected chi connectivity index (χ2v) is 11.6. The highest BCUT2D eigenvalue weighted by Gasteiger charge is 2.24. The standard InChI is InChI=1S/C34H40N4O6/c1-22-6-4-7-28(30-8-5-9-31(36-30)38-33(41-3)29(18-35-38)34(39)40)32(22)44-20-25-11-10-24-12-14-37(15-13-27(24)23(25)2)19-26-21-42-16-17-43-26/h5,7-11,18,26H,4,6,12-17,19-21H2,1-3H3,(H,39,40)/t26-/m0/s1. The molecule has 0 spiro atoms. The molecule has 0 amide bonds. The average Bonchev–Trinajstić information content (AvgIpc) is 3.38. The highest BCUT2D eigenvalue weighted by atomic mass is 16.6. The van der Waals surface area contributed by atoms with E-state index < -0.39 is 5.97 Å². The van der Waals surface area contributed by atoms with Crippen LogP contribution in [0.25, 0.3) is 11.4 Å². The summed E-state index contributed by atoms with van der Waals surface area (Å²) in [7, 11) is 1.42. The van der Waals surface area contributed by atoms with Gasteiger partial charge in [-0.05, 0) is 79.5 Å². The summed E-state index contributed by atoms with van der Waals surface area (Å²) in [4.78, 5) is 19.0. The number of carboxylic acid groups (broad SMARTS) is 1. The van der Waals surface area contributed by atoms with Crippen molar-refractivity contribution in [2.75, 3.05) is 46.6 Å². The van der Waals surface area contributed by atoms with Crippen LogP contribution in [0.3, 0.4) is 0 Å². The van der Waals surface area contributed by atoms with E-state index in [0.717, 1.165) is 62.3 Å². The molecular formula is C34H40N4O6. The Morgan fingerprint density at radius 3 is 2.77 bits per heavy atom. The largest absolute Gasteiger partial charge is 0.488 e. The molecule has 2 aliphatic heterocycles. The van der Waals surface area contributed by atoms with Gasteiger partial charge in [0.25, 0.3) is 0 Å². The van der Waals surface area contributed by atoms with Gasteiger partial charge in [0, 0.05) is 25.2 Å². The number of ether oxygens (including phenoxy) is 4. The van der Waals surface area contributed by atoms with Crippen LogP contribution in [0, 0.1) is 6.92 Å². The molecule has 0 radical (unpaired) electrons. The average molecular weight is 601 g/mol. The number of aromatic carboxylic acids is 1. The van der Waals surface area contributed by atoms with Crippen LogP contribution in [0.2, 0.25) is 0 Å². The van der Waals surface area contributed by atoms with Gasteiger partial charge < -0.3 is 29.0 Å². The topological polar surface area (TPSA) is 108 Å². The molecule has 1 fully saturated rings. The quantitative estimate of drug-likeness (QED) is 0.372. The van der Waals surface area contributed by atoms with Gasteiger partial charge in [0.2, 0.25) is 5.88 Å². The summed E-state index contributed by atoms with van der Waals surface area (Å²) < 4.78 is 24.9. The molecule has 0 unspecified atom stereocenters. The Kier molecular flexibility index (Phi) is 9.11. The van der Waals surface area contributed by atoms with Gasteiger partial charge in [-0.15, -0.1) is 0 Å². The first-order valence-corrected chi connectivity index (χ1v) is 15.3. The minimum Gasteiger partial charge on any atom is -0.488 e. The molecule has 0 saturated carbocycles. The zero-order chi connectivity index (χ0) is 30.6. The summed E-state index contributed by atoms with van der Waals surface area (Å²) in [6, 6.07) is 10.1. The molecule has 1 aromatic carbocycles. The van der Waals surface area contributed by atoms with Crippen LogP contribution in [-0.4, -0.2) is 83.4 Å². The third-order valence-corrected chi connectivity index (χ3v) is 8.78. The fraction of sp³-hybridized carbons (Fsp3) is 0.441. The molecule has 3 aliphatic rings. The minimum atomic E-state index is -1.11. The number of carboxylic acids is 1. The van der Waals surface area contributed by atoms with Crippen LogP contribution in [0.15, 0.2) is 53.9 Å². The van der Waals surface area contributed by atoms with Crippen molar-refractivity contribution >= 4 is 11.5 Å². The molecule has 6 rings (SSSR count). The number of rotatable bonds is 9. The third kappa shape index (κ3) is 6.29. The van der Waals surface area contributed by atoms with Gasteiger partial charge >= 0.3 is 5.97 Å². The van der Waals surface area contributed by atoms with Crippen LogP contribution < -0.4 is 4.74 Å². The summed E-state index contributed by atoms with van der Waals surface area (Å²) in [6.45, 7) is 9.80. The van der Waals surface area contributed by atoms with E-state index >= 15 is 0 Å². The first-order valence-electron chi connectivity index (χ1n) is 15.3. The zero-order valence-electron chi connectivity index (χ0n) is 25.7. The number of allylic oxidation sites excluding steroid dienone is 3. The molecule has 1 aliphatic carbocycles. The van der Waals surface area contributed by atoms with Gasteiger partial charge in [0.1, 0.15) is 17.9 Å². The Bertz CT molecular complexity index is 1590. The van der Waals surface area contributed by atoms with Gasteiger partial charge in [0.05, 0.1) is 44.9 Å². The number of nitrogens with zero attached hydrogens (tertiary/aromatic N) is 4. The highest BCUT2D eigenvalue weighted by molar-refractivity contribution is 5.90. The van der Waals surface area contributed by atoms with E-state index in [0.29, 0.717) is 32.2 Å². The summed E-state index contributed by atoms with van der Waals surface area (Å²) in [5.41, 5.74) is 8.17. The van der Waals surface area contributed by atoms with Crippen molar-refractivity contribution in [1.29, 1.82) is 0 Å². The zero-order valence-corrected chi connectivity index (χ0v) is 25.7. The van der Waals surface area contributed by atoms with Crippen molar-refractivity contribution < 1.29 is 28.8 Å². The van der Waals surface area contributed by atoms with Crippen LogP contribution in [0.4, 0.5) is 0 Å². The van der Waals surface area contributed by atoms with E-state index in [-0.39, 0.29) is 17.5 Å². The summed E-state index contributed by atoms with van der Waals surface area (Å²) >= 11 is 0. The van der Waals surface area contributed by atoms with Crippen molar-refractivity contribution in [2.45, 2.75) is 52.2 Å². The Morgan fingerprint density at radius 1 is 1.11 bits per heavy atom. The maximum atomic E-state index is 11.6. The van der Waals surface area contributed by atoms with Crippen molar-refractivity contribution in [3.63, 3.8) is 0 Å². The van der Waals surface area contributed by atoms with Crippen molar-refractivity contribution in [1.82, 2.24) is 19.7 Å².